The standard InChI is InChI=1S/C27H25ClF6N2O3S/c28-22-11-7-20(8-12-22)24(39-18-19-5-9-21(10-6-19)26(29,30)31)17-35-13-15-36(16-14-35)40(37,38)25-4-2-1-3-23(25)27(32,33)34/h1-12,24H,13-18H2/t24-/m0/s1. The Bertz CT molecular complexity index is 1390. The lowest BCUT2D eigenvalue weighted by Gasteiger charge is -2.36. The average molecular weight is 607 g/mol. The number of hydrogen-bond donors (Lipinski definition) is 0. The molecule has 1 saturated heterocycles. The molecule has 1 aliphatic rings. The summed E-state index contributed by atoms with van der Waals surface area (Å²) in [5.74, 6) is 0. The first-order chi connectivity index (χ1) is 18.7. The summed E-state index contributed by atoms with van der Waals surface area (Å²) >= 11 is 6.01. The number of sulfonamides is 1. The number of nitrogens with zero attached hydrogens (tertiary/aromatic N) is 2. The number of halogens is 7. The number of benzene rings is 3. The van der Waals surface area contributed by atoms with E-state index >= 15 is 0 Å². The fourth-order valence-electron chi connectivity index (χ4n) is 4.37. The topological polar surface area (TPSA) is 49.9 Å². The highest BCUT2D eigenvalue weighted by Crippen LogP contribution is 2.35. The second kappa shape index (κ2) is 12.1. The van der Waals surface area contributed by atoms with Crippen molar-refractivity contribution in [3.63, 3.8) is 0 Å². The van der Waals surface area contributed by atoms with Gasteiger partial charge in [0.05, 0.1) is 28.7 Å². The molecular weight excluding hydrogens is 582 g/mol. The molecule has 0 radical (unpaired) electrons. The van der Waals surface area contributed by atoms with Crippen molar-refractivity contribution in [2.45, 2.75) is 30.0 Å². The van der Waals surface area contributed by atoms with Crippen molar-refractivity contribution in [3.8, 4) is 0 Å². The van der Waals surface area contributed by atoms with Gasteiger partial charge in [-0.15, -0.1) is 0 Å². The predicted octanol–water partition coefficient (Wildman–Crippen LogP) is 6.64. The minimum Gasteiger partial charge on any atom is -0.368 e. The van der Waals surface area contributed by atoms with Gasteiger partial charge in [0.1, 0.15) is 0 Å². The second-order valence-corrected chi connectivity index (χ2v) is 11.6. The van der Waals surface area contributed by atoms with Crippen LogP contribution >= 0.6 is 11.6 Å². The van der Waals surface area contributed by atoms with E-state index in [0.717, 1.165) is 40.2 Å². The molecule has 40 heavy (non-hydrogen) atoms. The average Bonchev–Trinajstić information content (AvgIpc) is 2.91. The van der Waals surface area contributed by atoms with Crippen molar-refractivity contribution in [3.05, 3.63) is 100 Å². The van der Waals surface area contributed by atoms with Gasteiger partial charge in [-0.1, -0.05) is 48.0 Å². The van der Waals surface area contributed by atoms with Gasteiger partial charge in [-0.25, -0.2) is 8.42 Å². The van der Waals surface area contributed by atoms with Crippen LogP contribution in [0.2, 0.25) is 5.02 Å². The van der Waals surface area contributed by atoms with E-state index in [2.05, 4.69) is 0 Å². The smallest absolute Gasteiger partial charge is 0.368 e. The minimum atomic E-state index is -4.82. The largest absolute Gasteiger partial charge is 0.417 e. The van der Waals surface area contributed by atoms with E-state index in [9.17, 15) is 34.8 Å². The molecule has 1 aliphatic heterocycles. The Hall–Kier alpha value is -2.64. The highest BCUT2D eigenvalue weighted by molar-refractivity contribution is 7.89. The summed E-state index contributed by atoms with van der Waals surface area (Å²) in [6.07, 6.45) is -9.80. The molecule has 0 aliphatic carbocycles. The Kier molecular flexibility index (Phi) is 9.15. The number of ether oxygens (including phenoxy) is 1. The Balaban J connectivity index is 1.44. The molecule has 4 rings (SSSR count). The molecule has 1 atom stereocenters. The summed E-state index contributed by atoms with van der Waals surface area (Å²) in [6.45, 7) is 0.757. The Morgan fingerprint density at radius 2 is 1.40 bits per heavy atom. The van der Waals surface area contributed by atoms with Crippen LogP contribution in [0.5, 0.6) is 0 Å². The molecule has 3 aromatic rings. The number of alkyl halides is 6. The molecule has 3 aromatic carbocycles. The van der Waals surface area contributed by atoms with Gasteiger partial charge in [-0.3, -0.25) is 4.90 Å². The fraction of sp³-hybridized carbons (Fsp3) is 0.333. The molecule has 0 aromatic heterocycles. The van der Waals surface area contributed by atoms with Crippen LogP contribution < -0.4 is 0 Å². The van der Waals surface area contributed by atoms with Crippen LogP contribution in [0.15, 0.2) is 77.7 Å². The number of hydrogen-bond acceptors (Lipinski definition) is 4. The van der Waals surface area contributed by atoms with E-state index in [1.54, 1.807) is 24.3 Å². The zero-order chi connectivity index (χ0) is 29.1. The molecule has 0 saturated carbocycles. The van der Waals surface area contributed by atoms with Gasteiger partial charge >= 0.3 is 12.4 Å². The molecule has 1 heterocycles. The maximum absolute atomic E-state index is 13.4. The molecule has 0 spiro atoms. The van der Waals surface area contributed by atoms with E-state index in [1.165, 1.54) is 18.2 Å². The third-order valence-corrected chi connectivity index (χ3v) is 8.75. The van der Waals surface area contributed by atoms with Crippen LogP contribution in [-0.2, 0) is 33.7 Å². The lowest BCUT2D eigenvalue weighted by atomic mass is 10.1. The Labute approximate surface area is 233 Å². The summed E-state index contributed by atoms with van der Waals surface area (Å²) in [5, 5.41) is 0.503. The summed E-state index contributed by atoms with van der Waals surface area (Å²) in [4.78, 5) is 1.14. The Morgan fingerprint density at radius 3 is 1.98 bits per heavy atom. The molecule has 5 nitrogen and oxygen atoms in total. The van der Waals surface area contributed by atoms with Gasteiger partial charge in [0.25, 0.3) is 0 Å². The normalized spacial score (nSPS) is 16.7. The molecule has 0 amide bonds. The van der Waals surface area contributed by atoms with Crippen molar-refractivity contribution >= 4 is 21.6 Å². The quantitative estimate of drug-likeness (QED) is 0.270. The highest BCUT2D eigenvalue weighted by Gasteiger charge is 2.39. The summed E-state index contributed by atoms with van der Waals surface area (Å²) in [6, 6.07) is 15.6. The summed E-state index contributed by atoms with van der Waals surface area (Å²) in [7, 11) is -4.38. The first kappa shape index (κ1) is 30.3. The van der Waals surface area contributed by atoms with E-state index in [0.29, 0.717) is 17.1 Å². The van der Waals surface area contributed by atoms with Crippen LogP contribution in [0.3, 0.4) is 0 Å². The van der Waals surface area contributed by atoms with Crippen molar-refractivity contribution in [2.24, 2.45) is 0 Å². The maximum Gasteiger partial charge on any atom is 0.417 e. The van der Waals surface area contributed by atoms with Gasteiger partial charge in [0.2, 0.25) is 10.0 Å². The molecule has 1 fully saturated rings. The third-order valence-electron chi connectivity index (χ3n) is 6.54. The number of piperazine rings is 1. The monoisotopic (exact) mass is 606 g/mol. The molecule has 0 bridgehead atoms. The zero-order valence-electron chi connectivity index (χ0n) is 20.9. The van der Waals surface area contributed by atoms with E-state index in [-0.39, 0.29) is 32.8 Å². The molecule has 0 N–H and O–H groups in total. The van der Waals surface area contributed by atoms with E-state index in [4.69, 9.17) is 16.3 Å². The second-order valence-electron chi connectivity index (χ2n) is 9.24. The fourth-order valence-corrected chi connectivity index (χ4v) is 6.13. The summed E-state index contributed by atoms with van der Waals surface area (Å²) in [5.41, 5.74) is -0.690. The minimum absolute atomic E-state index is 0.0218. The van der Waals surface area contributed by atoms with Crippen LogP contribution in [-0.4, -0.2) is 50.3 Å². The molecular formula is C27H25ClF6N2O3S. The van der Waals surface area contributed by atoms with Crippen molar-refractivity contribution in [1.82, 2.24) is 9.21 Å². The first-order valence-electron chi connectivity index (χ1n) is 12.2. The van der Waals surface area contributed by atoms with Gasteiger partial charge in [-0.05, 0) is 47.5 Å². The highest BCUT2D eigenvalue weighted by atomic mass is 35.5. The van der Waals surface area contributed by atoms with Gasteiger partial charge < -0.3 is 4.74 Å². The first-order valence-corrected chi connectivity index (χ1v) is 14.0. The third kappa shape index (κ3) is 7.35. The maximum atomic E-state index is 13.4. The Morgan fingerprint density at radius 1 is 0.800 bits per heavy atom. The van der Waals surface area contributed by atoms with Crippen LogP contribution in [0.4, 0.5) is 26.3 Å². The lowest BCUT2D eigenvalue weighted by molar-refractivity contribution is -0.140. The predicted molar refractivity (Wildman–Crippen MR) is 137 cm³/mol. The van der Waals surface area contributed by atoms with Crippen molar-refractivity contribution in [2.75, 3.05) is 32.7 Å². The van der Waals surface area contributed by atoms with Crippen molar-refractivity contribution in [1.29, 1.82) is 0 Å². The lowest BCUT2D eigenvalue weighted by Crippen LogP contribution is -2.49. The van der Waals surface area contributed by atoms with Gasteiger partial charge in [0.15, 0.2) is 0 Å². The SMILES string of the molecule is O=S(=O)(c1ccccc1C(F)(F)F)N1CCN(C[C@H](OCc2ccc(C(F)(F)F)cc2)c2ccc(Cl)cc2)CC1. The van der Waals surface area contributed by atoms with E-state index in [1.807, 2.05) is 4.90 Å². The van der Waals surface area contributed by atoms with E-state index < -0.39 is 44.5 Å². The van der Waals surface area contributed by atoms with Gasteiger partial charge in [0, 0.05) is 37.7 Å². The molecule has 216 valence electrons. The van der Waals surface area contributed by atoms with Crippen LogP contribution in [0, 0.1) is 0 Å². The molecule has 0 unspecified atom stereocenters. The van der Waals surface area contributed by atoms with Crippen LogP contribution in [0.25, 0.3) is 0 Å². The van der Waals surface area contributed by atoms with Gasteiger partial charge in [-0.2, -0.15) is 30.6 Å². The zero-order valence-corrected chi connectivity index (χ0v) is 22.5. The number of rotatable bonds is 8. The molecule has 13 heteroatoms. The van der Waals surface area contributed by atoms with Crippen molar-refractivity contribution < 1.29 is 39.5 Å². The summed E-state index contributed by atoms with van der Waals surface area (Å²) < 4.78 is 112. The van der Waals surface area contributed by atoms with Crippen LogP contribution in [0.1, 0.15) is 28.4 Å².